The van der Waals surface area contributed by atoms with E-state index in [1.165, 1.54) is 6.07 Å². The maximum atomic E-state index is 13.7. The lowest BCUT2D eigenvalue weighted by Gasteiger charge is -2.26. The van der Waals surface area contributed by atoms with Crippen molar-refractivity contribution in [3.8, 4) is 0 Å². The molecule has 19 heavy (non-hydrogen) atoms. The minimum Gasteiger partial charge on any atom is -0.349 e. The highest BCUT2D eigenvalue weighted by Gasteiger charge is 2.22. The SMILES string of the molecule is CN(C)C(=O)CCNC1CCSc2c(F)cccc21. The number of fused-ring (bicyclic) bond motifs is 1. The fourth-order valence-electron chi connectivity index (χ4n) is 2.18. The zero-order chi connectivity index (χ0) is 13.8. The lowest BCUT2D eigenvalue weighted by molar-refractivity contribution is -0.128. The molecule has 104 valence electrons. The van der Waals surface area contributed by atoms with Crippen molar-refractivity contribution in [3.05, 3.63) is 29.6 Å². The molecular weight excluding hydrogens is 263 g/mol. The molecule has 1 aliphatic heterocycles. The monoisotopic (exact) mass is 282 g/mol. The third-order valence-corrected chi connectivity index (χ3v) is 4.41. The number of rotatable bonds is 4. The number of hydrogen-bond acceptors (Lipinski definition) is 3. The minimum absolute atomic E-state index is 0.108. The summed E-state index contributed by atoms with van der Waals surface area (Å²) in [6.07, 6.45) is 1.44. The summed E-state index contributed by atoms with van der Waals surface area (Å²) in [5.74, 6) is 0.878. The molecule has 0 radical (unpaired) electrons. The highest BCUT2D eigenvalue weighted by molar-refractivity contribution is 7.99. The molecule has 0 saturated heterocycles. The summed E-state index contributed by atoms with van der Waals surface area (Å²) >= 11 is 1.57. The van der Waals surface area contributed by atoms with Gasteiger partial charge in [0.05, 0.1) is 0 Å². The van der Waals surface area contributed by atoms with E-state index in [9.17, 15) is 9.18 Å². The fourth-order valence-corrected chi connectivity index (χ4v) is 3.32. The van der Waals surface area contributed by atoms with Crippen LogP contribution in [0.3, 0.4) is 0 Å². The number of benzene rings is 1. The second-order valence-corrected chi connectivity index (χ2v) is 5.95. The number of hydrogen-bond donors (Lipinski definition) is 1. The molecule has 1 atom stereocenters. The van der Waals surface area contributed by atoms with E-state index in [0.717, 1.165) is 22.6 Å². The first-order chi connectivity index (χ1) is 9.09. The lowest BCUT2D eigenvalue weighted by Crippen LogP contribution is -2.30. The van der Waals surface area contributed by atoms with Crippen LogP contribution in [0.2, 0.25) is 0 Å². The van der Waals surface area contributed by atoms with E-state index in [4.69, 9.17) is 0 Å². The number of carbonyl (C=O) groups excluding carboxylic acids is 1. The Morgan fingerprint density at radius 1 is 1.53 bits per heavy atom. The van der Waals surface area contributed by atoms with Crippen molar-refractivity contribution in [2.45, 2.75) is 23.8 Å². The summed E-state index contributed by atoms with van der Waals surface area (Å²) < 4.78 is 13.7. The second kappa shape index (κ2) is 6.39. The predicted octanol–water partition coefficient (Wildman–Crippen LogP) is 2.43. The van der Waals surface area contributed by atoms with Crippen LogP contribution in [0.25, 0.3) is 0 Å². The second-order valence-electron chi connectivity index (χ2n) is 4.84. The minimum atomic E-state index is -0.140. The van der Waals surface area contributed by atoms with Crippen LogP contribution in [0.1, 0.15) is 24.4 Å². The number of nitrogens with one attached hydrogen (secondary N) is 1. The van der Waals surface area contributed by atoms with Gasteiger partial charge in [0.25, 0.3) is 0 Å². The van der Waals surface area contributed by atoms with Gasteiger partial charge in [-0.3, -0.25) is 4.79 Å². The molecule has 1 aromatic carbocycles. The number of nitrogens with zero attached hydrogens (tertiary/aromatic N) is 1. The Kier molecular flexibility index (Phi) is 4.82. The van der Waals surface area contributed by atoms with Crippen molar-refractivity contribution >= 4 is 17.7 Å². The molecule has 5 heteroatoms. The highest BCUT2D eigenvalue weighted by atomic mass is 32.2. The molecular formula is C14H19FN2OS. The van der Waals surface area contributed by atoms with Gasteiger partial charge in [0, 0.05) is 38.0 Å². The summed E-state index contributed by atoms with van der Waals surface area (Å²) in [7, 11) is 3.51. The summed E-state index contributed by atoms with van der Waals surface area (Å²) in [6.45, 7) is 0.627. The topological polar surface area (TPSA) is 32.3 Å². The van der Waals surface area contributed by atoms with Gasteiger partial charge in [-0.05, 0) is 23.8 Å². The van der Waals surface area contributed by atoms with Crippen molar-refractivity contribution in [3.63, 3.8) is 0 Å². The third kappa shape index (κ3) is 3.48. The molecule has 1 unspecified atom stereocenters. The van der Waals surface area contributed by atoms with Crippen LogP contribution in [-0.2, 0) is 4.79 Å². The van der Waals surface area contributed by atoms with Crippen LogP contribution in [0.15, 0.2) is 23.1 Å². The summed E-state index contributed by atoms with van der Waals surface area (Å²) in [6, 6.07) is 5.38. The van der Waals surface area contributed by atoms with Crippen molar-refractivity contribution in [1.29, 1.82) is 0 Å². The maximum absolute atomic E-state index is 13.7. The van der Waals surface area contributed by atoms with Crippen LogP contribution in [0, 0.1) is 5.82 Å². The molecule has 1 aliphatic rings. The molecule has 1 heterocycles. The Bertz CT molecular complexity index is 465. The number of halogens is 1. The van der Waals surface area contributed by atoms with E-state index in [1.54, 1.807) is 36.8 Å². The fraction of sp³-hybridized carbons (Fsp3) is 0.500. The van der Waals surface area contributed by atoms with Crippen molar-refractivity contribution in [1.82, 2.24) is 10.2 Å². The first-order valence-electron chi connectivity index (χ1n) is 6.44. The highest BCUT2D eigenvalue weighted by Crippen LogP contribution is 2.37. The van der Waals surface area contributed by atoms with Crippen LogP contribution in [-0.4, -0.2) is 37.2 Å². The van der Waals surface area contributed by atoms with Crippen molar-refractivity contribution in [2.24, 2.45) is 0 Å². The quantitative estimate of drug-likeness (QED) is 0.920. The number of amides is 1. The van der Waals surface area contributed by atoms with Crippen molar-refractivity contribution in [2.75, 3.05) is 26.4 Å². The summed E-state index contributed by atoms with van der Waals surface area (Å²) in [4.78, 5) is 13.9. The molecule has 0 aromatic heterocycles. The van der Waals surface area contributed by atoms with Gasteiger partial charge >= 0.3 is 0 Å². The van der Waals surface area contributed by atoms with Gasteiger partial charge in [-0.25, -0.2) is 4.39 Å². The molecule has 0 spiro atoms. The third-order valence-electron chi connectivity index (χ3n) is 3.25. The Balaban J connectivity index is 1.97. The Hall–Kier alpha value is -1.07. The molecule has 0 bridgehead atoms. The normalized spacial score (nSPS) is 17.9. The van der Waals surface area contributed by atoms with Gasteiger partial charge in [0.2, 0.25) is 5.91 Å². The average Bonchev–Trinajstić information content (AvgIpc) is 2.39. The average molecular weight is 282 g/mol. The zero-order valence-corrected chi connectivity index (χ0v) is 12.1. The molecule has 0 aliphatic carbocycles. The van der Waals surface area contributed by atoms with Gasteiger partial charge in [-0.1, -0.05) is 12.1 Å². The lowest BCUT2D eigenvalue weighted by atomic mass is 10.0. The Morgan fingerprint density at radius 2 is 2.32 bits per heavy atom. The smallest absolute Gasteiger partial charge is 0.223 e. The van der Waals surface area contributed by atoms with Gasteiger partial charge < -0.3 is 10.2 Å². The molecule has 0 saturated carbocycles. The van der Waals surface area contributed by atoms with Crippen LogP contribution < -0.4 is 5.32 Å². The van der Waals surface area contributed by atoms with Gasteiger partial charge in [0.1, 0.15) is 5.82 Å². The number of thioether (sulfide) groups is 1. The van der Waals surface area contributed by atoms with Gasteiger partial charge in [-0.2, -0.15) is 0 Å². The van der Waals surface area contributed by atoms with E-state index in [2.05, 4.69) is 5.32 Å². The number of carbonyl (C=O) groups is 1. The molecule has 2 rings (SSSR count). The summed E-state index contributed by atoms with van der Waals surface area (Å²) in [5.41, 5.74) is 1.02. The van der Waals surface area contributed by atoms with Crippen LogP contribution >= 0.6 is 11.8 Å². The van der Waals surface area contributed by atoms with E-state index in [0.29, 0.717) is 13.0 Å². The zero-order valence-electron chi connectivity index (χ0n) is 11.3. The van der Waals surface area contributed by atoms with Gasteiger partial charge in [-0.15, -0.1) is 11.8 Å². The predicted molar refractivity (Wildman–Crippen MR) is 75.8 cm³/mol. The van der Waals surface area contributed by atoms with Crippen LogP contribution in [0.5, 0.6) is 0 Å². The summed E-state index contributed by atoms with van der Waals surface area (Å²) in [5, 5.41) is 3.36. The first-order valence-corrected chi connectivity index (χ1v) is 7.43. The van der Waals surface area contributed by atoms with Crippen LogP contribution in [0.4, 0.5) is 4.39 Å². The molecule has 0 fully saturated rings. The van der Waals surface area contributed by atoms with E-state index in [-0.39, 0.29) is 17.8 Å². The largest absolute Gasteiger partial charge is 0.349 e. The van der Waals surface area contributed by atoms with E-state index < -0.39 is 0 Å². The first kappa shape index (κ1) is 14.3. The van der Waals surface area contributed by atoms with Crippen molar-refractivity contribution < 1.29 is 9.18 Å². The van der Waals surface area contributed by atoms with Gasteiger partial charge in [0.15, 0.2) is 0 Å². The Morgan fingerprint density at radius 3 is 3.05 bits per heavy atom. The standard InChI is InChI=1S/C14H19FN2OS/c1-17(2)13(18)6-8-16-12-7-9-19-14-10(12)4-3-5-11(14)15/h3-5,12,16H,6-9H2,1-2H3. The van der Waals surface area contributed by atoms with E-state index in [1.807, 2.05) is 6.07 Å². The maximum Gasteiger partial charge on any atom is 0.223 e. The Labute approximate surface area is 117 Å². The van der Waals surface area contributed by atoms with E-state index >= 15 is 0 Å². The molecule has 3 nitrogen and oxygen atoms in total. The molecule has 1 N–H and O–H groups in total. The molecule has 1 amide bonds. The molecule has 1 aromatic rings.